The third kappa shape index (κ3) is 3.96. The van der Waals surface area contributed by atoms with Gasteiger partial charge < -0.3 is 0 Å². The van der Waals surface area contributed by atoms with Crippen LogP contribution < -0.4 is 0 Å². The van der Waals surface area contributed by atoms with Crippen LogP contribution in [-0.4, -0.2) is 0 Å². The second-order valence-corrected chi connectivity index (χ2v) is 4.82. The molecule has 0 aromatic heterocycles. The van der Waals surface area contributed by atoms with Gasteiger partial charge in [0.15, 0.2) is 0 Å². The van der Waals surface area contributed by atoms with E-state index >= 15 is 0 Å². The molecule has 0 aliphatic heterocycles. The Morgan fingerprint density at radius 1 is 1.12 bits per heavy atom. The maximum Gasteiger partial charge on any atom is 0.126 e. The van der Waals surface area contributed by atoms with E-state index in [2.05, 4.69) is 20.8 Å². The Balaban J connectivity index is 2.60. The second kappa shape index (κ2) is 6.67. The Kier molecular flexibility index (Phi) is 5.51. The zero-order chi connectivity index (χ0) is 12.0. The first-order valence-electron chi connectivity index (χ1n) is 6.43. The van der Waals surface area contributed by atoms with Gasteiger partial charge in [0.2, 0.25) is 0 Å². The first-order chi connectivity index (χ1) is 7.65. The maximum absolute atomic E-state index is 13.5. The second-order valence-electron chi connectivity index (χ2n) is 4.82. The lowest BCUT2D eigenvalue weighted by Crippen LogP contribution is -1.95. The molecule has 1 aromatic carbocycles. The highest BCUT2D eigenvalue weighted by Crippen LogP contribution is 2.19. The van der Waals surface area contributed by atoms with Gasteiger partial charge in [0.25, 0.3) is 0 Å². The van der Waals surface area contributed by atoms with Crippen molar-refractivity contribution >= 4 is 0 Å². The molecule has 1 heteroatoms. The van der Waals surface area contributed by atoms with Crippen molar-refractivity contribution in [2.24, 2.45) is 0 Å². The predicted octanol–water partition coefficient (Wildman–Crippen LogP) is 5.07. The van der Waals surface area contributed by atoms with Crippen molar-refractivity contribution in [2.75, 3.05) is 0 Å². The van der Waals surface area contributed by atoms with Crippen LogP contribution in [0, 0.1) is 5.82 Å². The molecule has 1 aromatic rings. The standard InChI is InChI=1S/C15H23F/c1-4-5-6-7-8-14-11-13(12(2)3)9-10-15(14)16/h9-12H,4-8H2,1-3H3. The number of benzene rings is 1. The predicted molar refractivity (Wildman–Crippen MR) is 68.3 cm³/mol. The third-order valence-corrected chi connectivity index (χ3v) is 3.04. The molecule has 0 fully saturated rings. The van der Waals surface area contributed by atoms with Gasteiger partial charge in [-0.05, 0) is 36.0 Å². The highest BCUT2D eigenvalue weighted by atomic mass is 19.1. The van der Waals surface area contributed by atoms with Gasteiger partial charge >= 0.3 is 0 Å². The molecule has 0 spiro atoms. The molecule has 0 amide bonds. The molecule has 90 valence electrons. The molecule has 0 radical (unpaired) electrons. The molecular weight excluding hydrogens is 199 g/mol. The van der Waals surface area contributed by atoms with Gasteiger partial charge in [-0.15, -0.1) is 0 Å². The summed E-state index contributed by atoms with van der Waals surface area (Å²) in [6, 6.07) is 5.55. The van der Waals surface area contributed by atoms with Crippen LogP contribution in [0.5, 0.6) is 0 Å². The number of hydrogen-bond donors (Lipinski definition) is 0. The largest absolute Gasteiger partial charge is 0.207 e. The minimum absolute atomic E-state index is 0.0408. The fourth-order valence-electron chi connectivity index (χ4n) is 1.89. The van der Waals surface area contributed by atoms with Crippen molar-refractivity contribution in [3.63, 3.8) is 0 Å². The fraction of sp³-hybridized carbons (Fsp3) is 0.600. The lowest BCUT2D eigenvalue weighted by molar-refractivity contribution is 0.592. The topological polar surface area (TPSA) is 0 Å². The lowest BCUT2D eigenvalue weighted by atomic mass is 9.98. The van der Waals surface area contributed by atoms with Crippen LogP contribution in [0.1, 0.15) is 63.5 Å². The van der Waals surface area contributed by atoms with Crippen LogP contribution >= 0.6 is 0 Å². The molecule has 0 saturated carbocycles. The first kappa shape index (κ1) is 13.2. The summed E-state index contributed by atoms with van der Waals surface area (Å²) in [6.07, 6.45) is 5.68. The third-order valence-electron chi connectivity index (χ3n) is 3.04. The summed E-state index contributed by atoms with van der Waals surface area (Å²) >= 11 is 0. The molecule has 1 rings (SSSR count). The van der Waals surface area contributed by atoms with E-state index in [1.165, 1.54) is 24.8 Å². The van der Waals surface area contributed by atoms with E-state index in [1.807, 2.05) is 12.1 Å². The van der Waals surface area contributed by atoms with Gasteiger partial charge in [-0.1, -0.05) is 52.2 Å². The molecule has 0 bridgehead atoms. The normalized spacial score (nSPS) is 11.1. The minimum Gasteiger partial charge on any atom is -0.207 e. The van der Waals surface area contributed by atoms with Crippen LogP contribution in [0.25, 0.3) is 0 Å². The lowest BCUT2D eigenvalue weighted by Gasteiger charge is -2.09. The summed E-state index contributed by atoms with van der Waals surface area (Å²) < 4.78 is 13.5. The number of hydrogen-bond acceptors (Lipinski definition) is 0. The summed E-state index contributed by atoms with van der Waals surface area (Å²) in [5.41, 5.74) is 2.13. The van der Waals surface area contributed by atoms with Gasteiger partial charge in [-0.25, -0.2) is 4.39 Å². The summed E-state index contributed by atoms with van der Waals surface area (Å²) in [5, 5.41) is 0. The van der Waals surface area contributed by atoms with E-state index in [0.29, 0.717) is 5.92 Å². The zero-order valence-electron chi connectivity index (χ0n) is 10.7. The zero-order valence-corrected chi connectivity index (χ0v) is 10.7. The monoisotopic (exact) mass is 222 g/mol. The molecule has 0 aliphatic rings. The van der Waals surface area contributed by atoms with Gasteiger partial charge in [-0.2, -0.15) is 0 Å². The molecule has 0 N–H and O–H groups in total. The summed E-state index contributed by atoms with van der Waals surface area (Å²) in [5.74, 6) is 0.441. The van der Waals surface area contributed by atoms with E-state index < -0.39 is 0 Å². The van der Waals surface area contributed by atoms with Crippen molar-refractivity contribution in [3.05, 3.63) is 35.1 Å². The quantitative estimate of drug-likeness (QED) is 0.589. The summed E-state index contributed by atoms with van der Waals surface area (Å²) in [4.78, 5) is 0. The Bertz CT molecular complexity index is 315. The molecular formula is C15H23F. The minimum atomic E-state index is -0.0408. The Morgan fingerprint density at radius 2 is 1.88 bits per heavy atom. The van der Waals surface area contributed by atoms with E-state index in [-0.39, 0.29) is 5.82 Å². The van der Waals surface area contributed by atoms with Gasteiger partial charge in [0.05, 0.1) is 0 Å². The van der Waals surface area contributed by atoms with E-state index in [0.717, 1.165) is 18.4 Å². The summed E-state index contributed by atoms with van der Waals surface area (Å²) in [6.45, 7) is 6.49. The Hall–Kier alpha value is -0.850. The van der Waals surface area contributed by atoms with Gasteiger partial charge in [0.1, 0.15) is 5.82 Å². The molecule has 0 aliphatic carbocycles. The molecule has 0 heterocycles. The van der Waals surface area contributed by atoms with Crippen molar-refractivity contribution in [2.45, 2.75) is 58.8 Å². The van der Waals surface area contributed by atoms with Crippen LogP contribution in [-0.2, 0) is 6.42 Å². The fourth-order valence-corrected chi connectivity index (χ4v) is 1.89. The number of halogens is 1. The molecule has 0 saturated heterocycles. The molecule has 0 nitrogen and oxygen atoms in total. The van der Waals surface area contributed by atoms with E-state index in [4.69, 9.17) is 0 Å². The average molecular weight is 222 g/mol. The van der Waals surface area contributed by atoms with Crippen LogP contribution in [0.3, 0.4) is 0 Å². The number of rotatable bonds is 6. The highest BCUT2D eigenvalue weighted by molar-refractivity contribution is 5.27. The first-order valence-corrected chi connectivity index (χ1v) is 6.43. The van der Waals surface area contributed by atoms with Crippen LogP contribution in [0.4, 0.5) is 4.39 Å². The molecule has 16 heavy (non-hydrogen) atoms. The Morgan fingerprint density at radius 3 is 2.50 bits per heavy atom. The van der Waals surface area contributed by atoms with Gasteiger partial charge in [-0.3, -0.25) is 0 Å². The SMILES string of the molecule is CCCCCCc1cc(C(C)C)ccc1F. The van der Waals surface area contributed by atoms with Crippen LogP contribution in [0.2, 0.25) is 0 Å². The van der Waals surface area contributed by atoms with Crippen molar-refractivity contribution < 1.29 is 4.39 Å². The molecule has 0 atom stereocenters. The smallest absolute Gasteiger partial charge is 0.126 e. The van der Waals surface area contributed by atoms with Crippen molar-refractivity contribution in [1.82, 2.24) is 0 Å². The number of unbranched alkanes of at least 4 members (excludes halogenated alkanes) is 3. The highest BCUT2D eigenvalue weighted by Gasteiger charge is 2.05. The van der Waals surface area contributed by atoms with E-state index in [1.54, 1.807) is 6.07 Å². The Labute approximate surface area is 98.9 Å². The van der Waals surface area contributed by atoms with E-state index in [9.17, 15) is 4.39 Å². The van der Waals surface area contributed by atoms with Crippen molar-refractivity contribution in [3.8, 4) is 0 Å². The van der Waals surface area contributed by atoms with Crippen LogP contribution in [0.15, 0.2) is 18.2 Å². The van der Waals surface area contributed by atoms with Crippen molar-refractivity contribution in [1.29, 1.82) is 0 Å². The average Bonchev–Trinajstić information content (AvgIpc) is 2.26. The summed E-state index contributed by atoms with van der Waals surface area (Å²) in [7, 11) is 0. The maximum atomic E-state index is 13.5. The number of aryl methyl sites for hydroxylation is 1. The van der Waals surface area contributed by atoms with Gasteiger partial charge in [0, 0.05) is 0 Å². The molecule has 0 unspecified atom stereocenters.